The number of hydrogen-bond acceptors (Lipinski definition) is 4. The zero-order valence-electron chi connectivity index (χ0n) is 12.5. The van der Waals surface area contributed by atoms with Crippen LogP contribution in [0.4, 0.5) is 0 Å². The second-order valence-corrected chi connectivity index (χ2v) is 6.17. The van der Waals surface area contributed by atoms with Crippen LogP contribution in [0, 0.1) is 6.92 Å². The van der Waals surface area contributed by atoms with Crippen molar-refractivity contribution in [2.75, 3.05) is 0 Å². The van der Waals surface area contributed by atoms with E-state index in [-0.39, 0.29) is 11.8 Å². The third-order valence-electron chi connectivity index (χ3n) is 4.60. The van der Waals surface area contributed by atoms with Gasteiger partial charge in [0, 0.05) is 6.07 Å². The highest BCUT2D eigenvalue weighted by atomic mass is 16.5. The molecular formula is C15H21N3O3. The van der Waals surface area contributed by atoms with Crippen LogP contribution < -0.4 is 5.32 Å². The molecule has 1 aliphatic carbocycles. The first kappa shape index (κ1) is 14.1. The van der Waals surface area contributed by atoms with E-state index >= 15 is 0 Å². The van der Waals surface area contributed by atoms with Gasteiger partial charge in [-0.1, -0.05) is 24.4 Å². The molecule has 1 aromatic rings. The number of rotatable bonds is 2. The highest BCUT2D eigenvalue weighted by Crippen LogP contribution is 2.33. The van der Waals surface area contributed by atoms with Crippen molar-refractivity contribution in [1.29, 1.82) is 0 Å². The van der Waals surface area contributed by atoms with Gasteiger partial charge in [-0.15, -0.1) is 0 Å². The third-order valence-corrected chi connectivity index (χ3v) is 4.60. The number of aromatic nitrogens is 1. The summed E-state index contributed by atoms with van der Waals surface area (Å²) in [7, 11) is 0. The van der Waals surface area contributed by atoms with Crippen LogP contribution in [-0.4, -0.2) is 33.5 Å². The summed E-state index contributed by atoms with van der Waals surface area (Å²) in [6, 6.07) is 1.34. The first-order chi connectivity index (χ1) is 10.0. The molecule has 1 unspecified atom stereocenters. The Labute approximate surface area is 123 Å². The van der Waals surface area contributed by atoms with Crippen LogP contribution in [0.3, 0.4) is 0 Å². The predicted octanol–water partition coefficient (Wildman–Crippen LogP) is 1.53. The molecule has 2 heterocycles. The van der Waals surface area contributed by atoms with Crippen molar-refractivity contribution in [3.8, 4) is 0 Å². The minimum atomic E-state index is -0.694. The Balaban J connectivity index is 1.86. The standard InChI is InChI=1S/C15H21N3O3/c1-10-8-12(17-21-10)9-18-11(2)13(19)16-15(14(18)20)6-4-3-5-7-15/h8,11H,3-7,9H2,1-2H3,(H,16,19). The van der Waals surface area contributed by atoms with E-state index < -0.39 is 11.6 Å². The van der Waals surface area contributed by atoms with E-state index in [2.05, 4.69) is 10.5 Å². The Morgan fingerprint density at radius 3 is 2.71 bits per heavy atom. The van der Waals surface area contributed by atoms with Crippen LogP contribution in [0.5, 0.6) is 0 Å². The van der Waals surface area contributed by atoms with Gasteiger partial charge in [0.2, 0.25) is 11.8 Å². The van der Waals surface area contributed by atoms with Crippen molar-refractivity contribution in [3.63, 3.8) is 0 Å². The summed E-state index contributed by atoms with van der Waals surface area (Å²) in [6.07, 6.45) is 4.56. The fourth-order valence-corrected chi connectivity index (χ4v) is 3.36. The van der Waals surface area contributed by atoms with Gasteiger partial charge < -0.3 is 14.7 Å². The first-order valence-electron chi connectivity index (χ1n) is 7.57. The van der Waals surface area contributed by atoms with Crippen molar-refractivity contribution < 1.29 is 14.1 Å². The lowest BCUT2D eigenvalue weighted by molar-refractivity contribution is -0.156. The summed E-state index contributed by atoms with van der Waals surface area (Å²) in [4.78, 5) is 26.8. The van der Waals surface area contributed by atoms with Gasteiger partial charge in [-0.2, -0.15) is 0 Å². The highest BCUT2D eigenvalue weighted by Gasteiger charge is 2.49. The quantitative estimate of drug-likeness (QED) is 0.896. The van der Waals surface area contributed by atoms with E-state index in [4.69, 9.17) is 4.52 Å². The molecule has 1 atom stereocenters. The van der Waals surface area contributed by atoms with Gasteiger partial charge in [0.15, 0.2) is 0 Å². The van der Waals surface area contributed by atoms with Crippen molar-refractivity contribution in [3.05, 3.63) is 17.5 Å². The SMILES string of the molecule is Cc1cc(CN2C(=O)C3(CCCCC3)NC(=O)C2C)no1. The predicted molar refractivity (Wildman–Crippen MR) is 75.2 cm³/mol. The smallest absolute Gasteiger partial charge is 0.249 e. The molecule has 1 saturated carbocycles. The molecule has 2 amide bonds. The molecule has 1 aliphatic heterocycles. The number of nitrogens with zero attached hydrogens (tertiary/aromatic N) is 2. The van der Waals surface area contributed by atoms with E-state index in [1.54, 1.807) is 17.9 Å². The summed E-state index contributed by atoms with van der Waals surface area (Å²) < 4.78 is 5.05. The Morgan fingerprint density at radius 1 is 1.38 bits per heavy atom. The Morgan fingerprint density at radius 2 is 2.10 bits per heavy atom. The van der Waals surface area contributed by atoms with Crippen molar-refractivity contribution in [2.24, 2.45) is 0 Å². The molecule has 6 nitrogen and oxygen atoms in total. The van der Waals surface area contributed by atoms with Crippen molar-refractivity contribution in [1.82, 2.24) is 15.4 Å². The van der Waals surface area contributed by atoms with Crippen LogP contribution in [0.2, 0.25) is 0 Å². The number of nitrogens with one attached hydrogen (secondary N) is 1. The maximum atomic E-state index is 12.9. The molecule has 2 fully saturated rings. The van der Waals surface area contributed by atoms with Crippen LogP contribution in [0.15, 0.2) is 10.6 Å². The lowest BCUT2D eigenvalue weighted by Crippen LogP contribution is -2.69. The van der Waals surface area contributed by atoms with Crippen LogP contribution in [-0.2, 0) is 16.1 Å². The molecule has 6 heteroatoms. The van der Waals surface area contributed by atoms with Crippen molar-refractivity contribution in [2.45, 2.75) is 64.1 Å². The van der Waals surface area contributed by atoms with Gasteiger partial charge >= 0.3 is 0 Å². The first-order valence-corrected chi connectivity index (χ1v) is 7.57. The zero-order chi connectivity index (χ0) is 15.0. The number of hydrogen-bond donors (Lipinski definition) is 1. The molecule has 0 aromatic carbocycles. The summed E-state index contributed by atoms with van der Waals surface area (Å²) >= 11 is 0. The molecule has 0 bridgehead atoms. The van der Waals surface area contributed by atoms with Gasteiger partial charge in [-0.3, -0.25) is 9.59 Å². The lowest BCUT2D eigenvalue weighted by atomic mass is 9.78. The summed E-state index contributed by atoms with van der Waals surface area (Å²) in [5, 5.41) is 6.92. The van der Waals surface area contributed by atoms with E-state index in [0.29, 0.717) is 18.0 Å². The third kappa shape index (κ3) is 2.43. The van der Waals surface area contributed by atoms with E-state index in [1.807, 2.05) is 6.92 Å². The fraction of sp³-hybridized carbons (Fsp3) is 0.667. The number of carbonyl (C=O) groups excluding carboxylic acids is 2. The second kappa shape index (κ2) is 5.16. The molecule has 1 aromatic heterocycles. The normalized spacial score (nSPS) is 25.2. The topological polar surface area (TPSA) is 75.4 Å². The number of piperazine rings is 1. The van der Waals surface area contributed by atoms with E-state index in [1.165, 1.54) is 0 Å². The van der Waals surface area contributed by atoms with Gasteiger partial charge in [0.25, 0.3) is 0 Å². The van der Waals surface area contributed by atoms with Crippen molar-refractivity contribution >= 4 is 11.8 Å². The van der Waals surface area contributed by atoms with Gasteiger partial charge in [0.05, 0.1) is 6.54 Å². The van der Waals surface area contributed by atoms with Gasteiger partial charge in [-0.25, -0.2) is 0 Å². The molecular weight excluding hydrogens is 270 g/mol. The van der Waals surface area contributed by atoms with E-state index in [0.717, 1.165) is 32.1 Å². The molecule has 1 saturated heterocycles. The lowest BCUT2D eigenvalue weighted by Gasteiger charge is -2.46. The van der Waals surface area contributed by atoms with Gasteiger partial charge in [0.1, 0.15) is 23.0 Å². The summed E-state index contributed by atoms with van der Waals surface area (Å²) in [6.45, 7) is 3.90. The minimum absolute atomic E-state index is 0.0231. The number of aryl methyl sites for hydroxylation is 1. The Kier molecular flexibility index (Phi) is 3.47. The minimum Gasteiger partial charge on any atom is -0.361 e. The summed E-state index contributed by atoms with van der Waals surface area (Å²) in [5.41, 5.74) is -0.00553. The fourth-order valence-electron chi connectivity index (χ4n) is 3.36. The van der Waals surface area contributed by atoms with Crippen LogP contribution >= 0.6 is 0 Å². The summed E-state index contributed by atoms with van der Waals surface area (Å²) in [5.74, 6) is 0.658. The maximum absolute atomic E-state index is 12.9. The Hall–Kier alpha value is -1.85. The van der Waals surface area contributed by atoms with E-state index in [9.17, 15) is 9.59 Å². The molecule has 2 aliphatic rings. The molecule has 3 rings (SSSR count). The monoisotopic (exact) mass is 291 g/mol. The van der Waals surface area contributed by atoms with Crippen LogP contribution in [0.1, 0.15) is 50.5 Å². The zero-order valence-corrected chi connectivity index (χ0v) is 12.5. The number of carbonyl (C=O) groups is 2. The highest BCUT2D eigenvalue weighted by molar-refractivity contribution is 5.99. The molecule has 1 spiro atoms. The molecule has 21 heavy (non-hydrogen) atoms. The molecule has 114 valence electrons. The largest absolute Gasteiger partial charge is 0.361 e. The maximum Gasteiger partial charge on any atom is 0.249 e. The average molecular weight is 291 g/mol. The molecule has 0 radical (unpaired) electrons. The molecule has 1 N–H and O–H groups in total. The van der Waals surface area contributed by atoms with Crippen LogP contribution in [0.25, 0.3) is 0 Å². The average Bonchev–Trinajstić information content (AvgIpc) is 2.88. The second-order valence-electron chi connectivity index (χ2n) is 6.17. The number of amides is 2. The van der Waals surface area contributed by atoms with Gasteiger partial charge in [-0.05, 0) is 26.7 Å². The Bertz CT molecular complexity index is 560.